The first kappa shape index (κ1) is 51.7. The van der Waals surface area contributed by atoms with Crippen molar-refractivity contribution in [2.45, 2.75) is 43.9 Å². The lowest BCUT2D eigenvalue weighted by atomic mass is 9.89. The highest BCUT2D eigenvalue weighted by Gasteiger charge is 2.60. The van der Waals surface area contributed by atoms with E-state index < -0.39 is 16.1 Å². The van der Waals surface area contributed by atoms with Crippen LogP contribution in [-0.2, 0) is 4.66 Å². The molecule has 15 aromatic rings. The smallest absolute Gasteiger partial charge is 0.0640 e. The molecule has 0 amide bonds. The van der Waals surface area contributed by atoms with Crippen LogP contribution in [0.5, 0.6) is 0 Å². The van der Waals surface area contributed by atoms with Gasteiger partial charge in [-0.2, -0.15) is 0 Å². The SMILES string of the molecule is C[Si](C)(C)C1([Si](C)(C)C)c2c(ccc3cc(-c4cccc(N(c5ccccc5)c5cccc6c5sc5ccccc56)c4)ccc23)-c2c1c1ccc(-c3cccc(N(c4ccccc4)c4cccc5c4sc4ccccc45)c3)cc1c1ccccc21. The first-order valence-electron chi connectivity index (χ1n) is 29.7. The zero-order valence-corrected chi connectivity index (χ0v) is 52.2. The topological polar surface area (TPSA) is 6.48 Å². The molecule has 16 rings (SSSR count). The molecule has 0 saturated heterocycles. The van der Waals surface area contributed by atoms with E-state index in [4.69, 9.17) is 0 Å². The molecule has 6 heteroatoms. The van der Waals surface area contributed by atoms with Crippen LogP contribution >= 0.6 is 22.7 Å². The van der Waals surface area contributed by atoms with E-state index in [0.29, 0.717) is 0 Å². The van der Waals surface area contributed by atoms with E-state index in [-0.39, 0.29) is 4.66 Å². The van der Waals surface area contributed by atoms with Gasteiger partial charge in [-0.3, -0.25) is 0 Å². The van der Waals surface area contributed by atoms with E-state index in [0.717, 1.165) is 22.7 Å². The third-order valence-electron chi connectivity index (χ3n) is 18.5. The van der Waals surface area contributed by atoms with Crippen LogP contribution in [0.2, 0.25) is 39.3 Å². The Kier molecular flexibility index (Phi) is 11.9. The maximum atomic E-state index is 2.67. The Labute approximate surface area is 507 Å². The molecule has 0 saturated carbocycles. The lowest BCUT2D eigenvalue weighted by Gasteiger charge is -2.52. The molecule has 0 bridgehead atoms. The van der Waals surface area contributed by atoms with Crippen molar-refractivity contribution in [3.63, 3.8) is 0 Å². The average molecular weight is 1160 g/mol. The minimum absolute atomic E-state index is 0.122. The third kappa shape index (κ3) is 7.92. The summed E-state index contributed by atoms with van der Waals surface area (Å²) in [6, 6.07) is 101. The molecule has 408 valence electrons. The molecule has 0 unspecified atom stereocenters. The molecule has 2 heterocycles. The number of benzene rings is 13. The van der Waals surface area contributed by atoms with Gasteiger partial charge in [-0.1, -0.05) is 221 Å². The molecule has 1 aliphatic rings. The molecule has 1 aliphatic carbocycles. The monoisotopic (exact) mass is 1160 g/mol. The Morgan fingerprint density at radius 3 is 1.27 bits per heavy atom. The Balaban J connectivity index is 0.845. The number of rotatable bonds is 10. The van der Waals surface area contributed by atoms with Crippen LogP contribution in [0.25, 0.3) is 106 Å². The van der Waals surface area contributed by atoms with Crippen LogP contribution in [0, 0.1) is 0 Å². The fraction of sp³-hybridized carbons (Fsp3) is 0.0886. The van der Waals surface area contributed by atoms with Gasteiger partial charge in [0.25, 0.3) is 0 Å². The van der Waals surface area contributed by atoms with E-state index >= 15 is 0 Å². The molecule has 0 fully saturated rings. The summed E-state index contributed by atoms with van der Waals surface area (Å²) < 4.78 is 5.08. The zero-order valence-electron chi connectivity index (χ0n) is 48.6. The largest absolute Gasteiger partial charge is 0.309 e. The van der Waals surface area contributed by atoms with E-state index in [1.807, 2.05) is 22.7 Å². The summed E-state index contributed by atoms with van der Waals surface area (Å²) in [5, 5.41) is 13.3. The molecule has 85 heavy (non-hydrogen) atoms. The molecule has 2 aromatic heterocycles. The van der Waals surface area contributed by atoms with Gasteiger partial charge in [-0.25, -0.2) is 0 Å². The molecule has 0 spiro atoms. The average Bonchev–Trinajstić information content (AvgIpc) is 1.59. The van der Waals surface area contributed by atoms with Crippen LogP contribution in [0.4, 0.5) is 34.1 Å². The van der Waals surface area contributed by atoms with Crippen molar-refractivity contribution < 1.29 is 0 Å². The molecule has 0 N–H and O–H groups in total. The lowest BCUT2D eigenvalue weighted by Crippen LogP contribution is -2.63. The quantitative estimate of drug-likeness (QED) is 0.0995. The van der Waals surface area contributed by atoms with Crippen molar-refractivity contribution in [3.8, 4) is 33.4 Å². The minimum Gasteiger partial charge on any atom is -0.309 e. The Morgan fingerprint density at radius 2 is 0.729 bits per heavy atom. The fourth-order valence-electron chi connectivity index (χ4n) is 15.4. The van der Waals surface area contributed by atoms with E-state index in [1.165, 1.54) is 117 Å². The van der Waals surface area contributed by atoms with Crippen LogP contribution in [0.3, 0.4) is 0 Å². The molecule has 2 nitrogen and oxygen atoms in total. The fourth-order valence-corrected chi connectivity index (χ4v) is 30.9. The number of nitrogens with zero attached hydrogens (tertiary/aromatic N) is 2. The first-order valence-corrected chi connectivity index (χ1v) is 38.4. The normalized spacial score (nSPS) is 13.2. The van der Waals surface area contributed by atoms with Gasteiger partial charge in [0.2, 0.25) is 0 Å². The predicted molar refractivity (Wildman–Crippen MR) is 378 cm³/mol. The summed E-state index contributed by atoms with van der Waals surface area (Å²) >= 11 is 3.76. The molecule has 13 aromatic carbocycles. The second kappa shape index (κ2) is 19.6. The van der Waals surface area contributed by atoms with Crippen LogP contribution in [-0.4, -0.2) is 16.1 Å². The van der Waals surface area contributed by atoms with Gasteiger partial charge in [-0.05, 0) is 162 Å². The van der Waals surface area contributed by atoms with Gasteiger partial charge < -0.3 is 9.80 Å². The van der Waals surface area contributed by atoms with E-state index in [2.05, 4.69) is 316 Å². The number of thiophene rings is 2. The van der Waals surface area contributed by atoms with Crippen LogP contribution < -0.4 is 9.80 Å². The van der Waals surface area contributed by atoms with Gasteiger partial charge in [0.15, 0.2) is 0 Å². The molecular weight excluding hydrogens is 1100 g/mol. The van der Waals surface area contributed by atoms with Crippen molar-refractivity contribution in [1.29, 1.82) is 0 Å². The molecule has 0 radical (unpaired) electrons. The van der Waals surface area contributed by atoms with Gasteiger partial charge in [0.1, 0.15) is 0 Å². The third-order valence-corrected chi connectivity index (χ3v) is 30.9. The number of para-hydroxylation sites is 2. The van der Waals surface area contributed by atoms with E-state index in [9.17, 15) is 0 Å². The van der Waals surface area contributed by atoms with Crippen molar-refractivity contribution >= 4 is 146 Å². The molecular formula is C79H62N2S2Si2. The highest BCUT2D eigenvalue weighted by Crippen LogP contribution is 2.63. The lowest BCUT2D eigenvalue weighted by molar-refractivity contribution is 0.973. The van der Waals surface area contributed by atoms with Gasteiger partial charge in [0.05, 0.1) is 36.9 Å². The Hall–Kier alpha value is -8.89. The number of hydrogen-bond acceptors (Lipinski definition) is 4. The standard InChI is InChI=1S/C79H62N2S2Si2/c1-84(2,3)79(85(4,5)6)75-60-44-41-53(51-23-19-29-58(48-51)80(56-25-9-7-10-26-56)70-37-21-35-66-62-32-15-17-39-72(62)82-77(66)70)47-55(60)43-46-68(75)74-64-34-14-13-31-61(64)69-50-54(42-45-65(69)76(74)79)52-24-20-30-59(49-52)81(57-27-11-8-12-28-57)71-38-22-36-67-63-33-16-18-40-73(63)83-78(67)71/h7-50H,1-6H3. The minimum atomic E-state index is -2.17. The second-order valence-corrected chi connectivity index (χ2v) is 38.3. The van der Waals surface area contributed by atoms with E-state index in [1.54, 1.807) is 11.1 Å². The summed E-state index contributed by atoms with van der Waals surface area (Å²) in [6.45, 7) is 16.0. The summed E-state index contributed by atoms with van der Waals surface area (Å²) in [4.78, 5) is 4.91. The van der Waals surface area contributed by atoms with Crippen molar-refractivity contribution in [1.82, 2.24) is 0 Å². The van der Waals surface area contributed by atoms with Crippen LogP contribution in [0.15, 0.2) is 267 Å². The highest BCUT2D eigenvalue weighted by atomic mass is 32.1. The Morgan fingerprint density at radius 1 is 0.294 bits per heavy atom. The van der Waals surface area contributed by atoms with Crippen molar-refractivity contribution in [3.05, 3.63) is 278 Å². The zero-order chi connectivity index (χ0) is 57.3. The maximum absolute atomic E-state index is 2.67. The first-order chi connectivity index (χ1) is 41.4. The summed E-state index contributed by atoms with van der Waals surface area (Å²) in [6.07, 6.45) is 0. The van der Waals surface area contributed by atoms with Gasteiger partial charge in [-0.15, -0.1) is 22.7 Å². The summed E-state index contributed by atoms with van der Waals surface area (Å²) in [7, 11) is -4.34. The van der Waals surface area contributed by atoms with Crippen molar-refractivity contribution in [2.24, 2.45) is 0 Å². The van der Waals surface area contributed by atoms with Crippen LogP contribution in [0.1, 0.15) is 11.1 Å². The number of fused-ring (bicyclic) bond motifs is 16. The maximum Gasteiger partial charge on any atom is 0.0640 e. The Bertz CT molecular complexity index is 5170. The molecule has 0 aliphatic heterocycles. The van der Waals surface area contributed by atoms with Crippen molar-refractivity contribution in [2.75, 3.05) is 9.80 Å². The summed E-state index contributed by atoms with van der Waals surface area (Å²) in [5.74, 6) is 0. The number of anilines is 6. The van der Waals surface area contributed by atoms with Gasteiger partial charge >= 0.3 is 0 Å². The highest BCUT2D eigenvalue weighted by molar-refractivity contribution is 7.26. The number of hydrogen-bond donors (Lipinski definition) is 0. The summed E-state index contributed by atoms with van der Waals surface area (Å²) in [5.41, 5.74) is 17.8. The predicted octanol–water partition coefficient (Wildman–Crippen LogP) is 24.2. The van der Waals surface area contributed by atoms with Gasteiger partial charge in [0, 0.05) is 58.4 Å². The second-order valence-electron chi connectivity index (χ2n) is 25.2. The molecule has 0 atom stereocenters.